The van der Waals surface area contributed by atoms with E-state index >= 15 is 0 Å². The van der Waals surface area contributed by atoms with E-state index in [1.807, 2.05) is 29.2 Å². The molecule has 2 aromatic carbocycles. The van der Waals surface area contributed by atoms with Crippen LogP contribution in [0.15, 0.2) is 67.1 Å². The number of alkyl halides is 3. The highest BCUT2D eigenvalue weighted by atomic mass is 19.4. The van der Waals surface area contributed by atoms with Crippen LogP contribution in [0.2, 0.25) is 0 Å². The van der Waals surface area contributed by atoms with Crippen LogP contribution in [0.1, 0.15) is 86.6 Å². The molecule has 1 aliphatic carbocycles. The van der Waals surface area contributed by atoms with E-state index < -0.39 is 29.4 Å². The van der Waals surface area contributed by atoms with Gasteiger partial charge in [-0.25, -0.2) is 9.78 Å². The van der Waals surface area contributed by atoms with Gasteiger partial charge >= 0.3 is 12.2 Å². The monoisotopic (exact) mass is 809 g/mol. The quantitative estimate of drug-likeness (QED) is 0.151. The van der Waals surface area contributed by atoms with Crippen molar-refractivity contribution in [3.63, 3.8) is 0 Å². The highest BCUT2D eigenvalue weighted by Gasteiger charge is 2.42. The lowest BCUT2D eigenvalue weighted by Gasteiger charge is -2.44. The molecule has 4 amide bonds. The fourth-order valence-electron chi connectivity index (χ4n) is 9.62. The molecule has 9 rings (SSSR count). The van der Waals surface area contributed by atoms with E-state index in [0.717, 1.165) is 92.1 Å². The number of nitrogens with one attached hydrogen (secondary N) is 2. The van der Waals surface area contributed by atoms with Gasteiger partial charge in [0.05, 0.1) is 29.0 Å². The van der Waals surface area contributed by atoms with Crippen molar-refractivity contribution in [2.75, 3.05) is 41.3 Å². The zero-order valence-electron chi connectivity index (χ0n) is 32.9. The second-order valence-electron chi connectivity index (χ2n) is 16.9. The molecule has 1 saturated carbocycles. The van der Waals surface area contributed by atoms with Crippen molar-refractivity contribution in [3.05, 3.63) is 84.1 Å². The number of carbonyl (C=O) groups excluding carboxylic acids is 3. The summed E-state index contributed by atoms with van der Waals surface area (Å²) in [7, 11) is 0. The fourth-order valence-corrected chi connectivity index (χ4v) is 9.62. The Balaban J connectivity index is 0.853. The third-order valence-electron chi connectivity index (χ3n) is 12.6. The maximum atomic E-state index is 13.3. The minimum absolute atomic E-state index is 0.187. The van der Waals surface area contributed by atoms with E-state index in [1.165, 1.54) is 6.07 Å². The molecule has 3 aliphatic heterocycles. The third kappa shape index (κ3) is 7.59. The van der Waals surface area contributed by atoms with E-state index in [4.69, 9.17) is 5.10 Å². The number of piperazine rings is 1. The smallest absolute Gasteiger partial charge is 0.386 e. The van der Waals surface area contributed by atoms with Gasteiger partial charge in [0.15, 0.2) is 0 Å². The van der Waals surface area contributed by atoms with Gasteiger partial charge in [-0.15, -0.1) is 0 Å². The Morgan fingerprint density at radius 2 is 1.64 bits per heavy atom. The maximum Gasteiger partial charge on any atom is 0.433 e. The Bertz CT molecular complexity index is 2440. The SMILES string of the molecule is CC(C)(O)c1cc2nn(C3CCC(CN4C5CCC4CN(c4cccc6c(N7CCC(=O)NC7=O)cncc46)C5)CC3)cc2cc1NC(=O)c1cccc(C(F)(F)F)n1. The molecule has 4 fully saturated rings. The predicted molar refractivity (Wildman–Crippen MR) is 216 cm³/mol. The number of anilines is 3. The number of halogens is 3. The van der Waals surface area contributed by atoms with E-state index in [9.17, 15) is 32.7 Å². The Labute approximate surface area is 338 Å². The summed E-state index contributed by atoms with van der Waals surface area (Å²) in [5, 5.41) is 23.7. The minimum Gasteiger partial charge on any atom is -0.386 e. The number of imide groups is 1. The van der Waals surface area contributed by atoms with Crippen molar-refractivity contribution in [1.82, 2.24) is 30.0 Å². The van der Waals surface area contributed by atoms with Crippen molar-refractivity contribution in [2.24, 2.45) is 5.92 Å². The van der Waals surface area contributed by atoms with Crippen LogP contribution >= 0.6 is 0 Å². The number of hydrogen-bond acceptors (Lipinski definition) is 9. The number of rotatable bonds is 8. The summed E-state index contributed by atoms with van der Waals surface area (Å²) >= 11 is 0. The lowest BCUT2D eigenvalue weighted by atomic mass is 9.85. The number of pyridine rings is 2. The molecular formula is C43H46F3N9O4. The molecule has 5 aromatic rings. The second kappa shape index (κ2) is 14.9. The molecule has 0 radical (unpaired) electrons. The van der Waals surface area contributed by atoms with Gasteiger partial charge in [-0.05, 0) is 88.6 Å². The van der Waals surface area contributed by atoms with E-state index in [2.05, 4.69) is 36.5 Å². The highest BCUT2D eigenvalue weighted by Crippen LogP contribution is 2.41. The maximum absolute atomic E-state index is 13.3. The molecule has 59 heavy (non-hydrogen) atoms. The van der Waals surface area contributed by atoms with Gasteiger partial charge in [-0.2, -0.15) is 18.3 Å². The van der Waals surface area contributed by atoms with Crippen LogP contribution in [0.4, 0.5) is 35.0 Å². The number of hydrogen-bond donors (Lipinski definition) is 3. The van der Waals surface area contributed by atoms with E-state index in [1.54, 1.807) is 37.1 Å². The summed E-state index contributed by atoms with van der Waals surface area (Å²) in [5.74, 6) is -0.519. The number of benzene rings is 2. The van der Waals surface area contributed by atoms with E-state index in [-0.39, 0.29) is 29.8 Å². The molecule has 4 aliphatic rings. The number of aliphatic hydroxyl groups is 1. The molecule has 6 heterocycles. The van der Waals surface area contributed by atoms with Crippen LogP contribution < -0.4 is 20.4 Å². The van der Waals surface area contributed by atoms with Gasteiger partial charge in [0.2, 0.25) is 5.91 Å². The minimum atomic E-state index is -4.69. The largest absolute Gasteiger partial charge is 0.433 e. The third-order valence-corrected chi connectivity index (χ3v) is 12.6. The lowest BCUT2D eigenvalue weighted by molar-refractivity contribution is -0.141. The number of amides is 4. The summed E-state index contributed by atoms with van der Waals surface area (Å²) in [6.07, 6.45) is 7.44. The van der Waals surface area contributed by atoms with Gasteiger partial charge in [0, 0.05) is 90.2 Å². The Morgan fingerprint density at radius 1 is 0.915 bits per heavy atom. The predicted octanol–water partition coefficient (Wildman–Crippen LogP) is 7.01. The Morgan fingerprint density at radius 3 is 2.36 bits per heavy atom. The second-order valence-corrected chi connectivity index (χ2v) is 16.9. The normalized spacial score (nSPS) is 22.9. The number of carbonyl (C=O) groups is 3. The zero-order valence-corrected chi connectivity index (χ0v) is 32.9. The van der Waals surface area contributed by atoms with Crippen molar-refractivity contribution in [3.8, 4) is 0 Å². The Hall–Kier alpha value is -5.61. The molecule has 3 aromatic heterocycles. The first kappa shape index (κ1) is 38.9. The highest BCUT2D eigenvalue weighted by molar-refractivity contribution is 6.11. The van der Waals surface area contributed by atoms with Crippen molar-refractivity contribution >= 4 is 56.6 Å². The van der Waals surface area contributed by atoms with Gasteiger partial charge in [0.1, 0.15) is 11.4 Å². The molecule has 2 atom stereocenters. The first-order valence-corrected chi connectivity index (χ1v) is 20.3. The van der Waals surface area contributed by atoms with Crippen molar-refractivity contribution < 1.29 is 32.7 Å². The molecule has 3 saturated heterocycles. The molecule has 3 N–H and O–H groups in total. The summed E-state index contributed by atoms with van der Waals surface area (Å²) in [6.45, 7) is 6.37. The zero-order chi connectivity index (χ0) is 41.2. The fraction of sp³-hybridized carbons (Fsp3) is 0.442. The van der Waals surface area contributed by atoms with Crippen LogP contribution in [-0.2, 0) is 16.6 Å². The molecule has 16 heteroatoms. The molecule has 13 nitrogen and oxygen atoms in total. The average Bonchev–Trinajstić information content (AvgIpc) is 3.71. The number of urea groups is 1. The standard InChI is InChI=1S/C43H46F3N9O4/c1-42(2,59)32-18-34-26(17-35(32)49-40(57)33-6-4-8-38(48-33)43(44,45)46)22-55(51-34)27-11-9-25(10-12-27)21-54-28-13-14-29(54)24-52(23-28)36-7-3-5-30-31(36)19-47-20-37(30)53-16-15-39(56)50-41(53)58/h3-8,17-20,22,25,27-29,59H,9-16,21,23-24H2,1-2H3,(H,49,57)(H,50,56,58). The Kier molecular flexibility index (Phi) is 9.81. The van der Waals surface area contributed by atoms with Gasteiger partial charge in [-0.1, -0.05) is 18.2 Å². The number of aromatic nitrogens is 4. The van der Waals surface area contributed by atoms with Crippen molar-refractivity contribution in [1.29, 1.82) is 0 Å². The topological polar surface area (TPSA) is 149 Å². The molecule has 308 valence electrons. The van der Waals surface area contributed by atoms with Crippen LogP contribution in [0.3, 0.4) is 0 Å². The summed E-state index contributed by atoms with van der Waals surface area (Å²) in [6, 6.07) is 13.5. The molecular weight excluding hydrogens is 764 g/mol. The van der Waals surface area contributed by atoms with Gasteiger partial charge in [-0.3, -0.25) is 34.4 Å². The van der Waals surface area contributed by atoms with Gasteiger partial charge in [0.25, 0.3) is 5.91 Å². The van der Waals surface area contributed by atoms with E-state index in [0.29, 0.717) is 41.3 Å². The molecule has 2 unspecified atom stereocenters. The summed E-state index contributed by atoms with van der Waals surface area (Å²) in [5.41, 5.74) is 0.222. The lowest BCUT2D eigenvalue weighted by Crippen LogP contribution is -2.55. The van der Waals surface area contributed by atoms with Crippen LogP contribution in [-0.4, -0.2) is 85.9 Å². The average molecular weight is 810 g/mol. The molecule has 0 spiro atoms. The van der Waals surface area contributed by atoms with Crippen LogP contribution in [0.5, 0.6) is 0 Å². The number of nitrogens with zero attached hydrogens (tertiary/aromatic N) is 7. The summed E-state index contributed by atoms with van der Waals surface area (Å²) < 4.78 is 41.8. The van der Waals surface area contributed by atoms with Crippen LogP contribution in [0.25, 0.3) is 21.7 Å². The first-order valence-electron chi connectivity index (χ1n) is 20.3. The summed E-state index contributed by atoms with van der Waals surface area (Å²) in [4.78, 5) is 52.5. The van der Waals surface area contributed by atoms with Crippen LogP contribution in [0, 0.1) is 5.92 Å². The molecule has 2 bridgehead atoms. The number of fused-ring (bicyclic) bond motifs is 4. The first-order chi connectivity index (χ1) is 28.2. The van der Waals surface area contributed by atoms with Gasteiger partial charge < -0.3 is 15.3 Å². The van der Waals surface area contributed by atoms with Crippen molar-refractivity contribution in [2.45, 2.75) is 88.7 Å².